The Bertz CT molecular complexity index is 302. The minimum atomic E-state index is 0.653. The molecule has 1 unspecified atom stereocenters. The summed E-state index contributed by atoms with van der Waals surface area (Å²) in [6.45, 7) is 6.56. The third-order valence-electron chi connectivity index (χ3n) is 3.80. The van der Waals surface area contributed by atoms with Crippen LogP contribution in [0.3, 0.4) is 0 Å². The van der Waals surface area contributed by atoms with Gasteiger partial charge in [0.2, 0.25) is 0 Å². The van der Waals surface area contributed by atoms with Crippen LogP contribution in [0.15, 0.2) is 22.8 Å². The standard InChI is InChI=1S/C15H26N2O/c1-2-17(13-15-9-7-11-18-15)12-14-8-5-3-4-6-10-16-14/h7,9,11,14,16H,2-6,8,10,12-13H2,1H3. The largest absolute Gasteiger partial charge is 0.468 e. The molecule has 1 saturated heterocycles. The SMILES string of the molecule is CCN(Cc1ccco1)CC1CCCCCCN1. The fraction of sp³-hybridized carbons (Fsp3) is 0.733. The topological polar surface area (TPSA) is 28.4 Å². The van der Waals surface area contributed by atoms with Crippen LogP contribution in [-0.4, -0.2) is 30.6 Å². The Balaban J connectivity index is 1.80. The maximum absolute atomic E-state index is 5.44. The molecule has 1 aliphatic rings. The molecule has 1 aliphatic heterocycles. The van der Waals surface area contributed by atoms with Crippen molar-refractivity contribution in [1.82, 2.24) is 10.2 Å². The molecule has 3 nitrogen and oxygen atoms in total. The highest BCUT2D eigenvalue weighted by Crippen LogP contribution is 2.12. The van der Waals surface area contributed by atoms with Crippen molar-refractivity contribution in [2.45, 2.75) is 51.6 Å². The zero-order valence-electron chi connectivity index (χ0n) is 11.5. The highest BCUT2D eigenvalue weighted by Gasteiger charge is 2.15. The van der Waals surface area contributed by atoms with Gasteiger partial charge in [-0.2, -0.15) is 0 Å². The molecular formula is C15H26N2O. The monoisotopic (exact) mass is 250 g/mol. The zero-order valence-corrected chi connectivity index (χ0v) is 11.5. The van der Waals surface area contributed by atoms with Crippen molar-refractivity contribution in [3.63, 3.8) is 0 Å². The molecule has 2 rings (SSSR count). The van der Waals surface area contributed by atoms with Crippen molar-refractivity contribution in [3.8, 4) is 0 Å². The van der Waals surface area contributed by atoms with E-state index in [-0.39, 0.29) is 0 Å². The Morgan fingerprint density at radius 2 is 2.22 bits per heavy atom. The molecule has 0 spiro atoms. The summed E-state index contributed by atoms with van der Waals surface area (Å²) in [5.41, 5.74) is 0. The second-order valence-electron chi connectivity index (χ2n) is 5.26. The first-order chi connectivity index (χ1) is 8.88. The van der Waals surface area contributed by atoms with Gasteiger partial charge in [0, 0.05) is 12.6 Å². The fourth-order valence-corrected chi connectivity index (χ4v) is 2.67. The van der Waals surface area contributed by atoms with Gasteiger partial charge < -0.3 is 9.73 Å². The summed E-state index contributed by atoms with van der Waals surface area (Å²) in [6, 6.07) is 4.69. The summed E-state index contributed by atoms with van der Waals surface area (Å²) < 4.78 is 5.44. The first-order valence-corrected chi connectivity index (χ1v) is 7.36. The molecule has 0 radical (unpaired) electrons. The van der Waals surface area contributed by atoms with E-state index in [0.717, 1.165) is 25.4 Å². The number of likely N-dealkylation sites (N-methyl/N-ethyl adjacent to an activating group) is 1. The van der Waals surface area contributed by atoms with Crippen molar-refractivity contribution in [2.75, 3.05) is 19.6 Å². The molecule has 1 aromatic heterocycles. The van der Waals surface area contributed by atoms with Gasteiger partial charge in [0.15, 0.2) is 0 Å². The van der Waals surface area contributed by atoms with E-state index >= 15 is 0 Å². The molecule has 1 N–H and O–H groups in total. The number of nitrogens with one attached hydrogen (secondary N) is 1. The maximum atomic E-state index is 5.44. The van der Waals surface area contributed by atoms with Gasteiger partial charge in [-0.3, -0.25) is 4.90 Å². The Kier molecular flexibility index (Phi) is 5.75. The number of furan rings is 1. The van der Waals surface area contributed by atoms with E-state index in [2.05, 4.69) is 23.2 Å². The van der Waals surface area contributed by atoms with Gasteiger partial charge in [0.05, 0.1) is 12.8 Å². The minimum absolute atomic E-state index is 0.653. The van der Waals surface area contributed by atoms with Crippen LogP contribution in [0.5, 0.6) is 0 Å². The van der Waals surface area contributed by atoms with Gasteiger partial charge in [-0.1, -0.05) is 26.2 Å². The molecule has 1 atom stereocenters. The molecule has 0 bridgehead atoms. The normalized spacial score (nSPS) is 21.8. The quantitative estimate of drug-likeness (QED) is 0.870. The highest BCUT2D eigenvalue weighted by molar-refractivity contribution is 4.98. The van der Waals surface area contributed by atoms with Gasteiger partial charge in [0.1, 0.15) is 5.76 Å². The van der Waals surface area contributed by atoms with Crippen molar-refractivity contribution in [1.29, 1.82) is 0 Å². The lowest BCUT2D eigenvalue weighted by Crippen LogP contribution is -2.41. The second-order valence-corrected chi connectivity index (χ2v) is 5.26. The van der Waals surface area contributed by atoms with Crippen molar-refractivity contribution in [2.24, 2.45) is 0 Å². The minimum Gasteiger partial charge on any atom is -0.468 e. The van der Waals surface area contributed by atoms with E-state index in [4.69, 9.17) is 4.42 Å². The Morgan fingerprint density at radius 3 is 3.00 bits per heavy atom. The molecule has 0 saturated carbocycles. The molecule has 0 aliphatic carbocycles. The van der Waals surface area contributed by atoms with Crippen molar-refractivity contribution >= 4 is 0 Å². The number of hydrogen-bond donors (Lipinski definition) is 1. The van der Waals surface area contributed by atoms with E-state index < -0.39 is 0 Å². The number of hydrogen-bond acceptors (Lipinski definition) is 3. The van der Waals surface area contributed by atoms with Crippen LogP contribution in [-0.2, 0) is 6.54 Å². The van der Waals surface area contributed by atoms with E-state index in [1.807, 2.05) is 6.07 Å². The van der Waals surface area contributed by atoms with E-state index in [9.17, 15) is 0 Å². The third-order valence-corrected chi connectivity index (χ3v) is 3.80. The van der Waals surface area contributed by atoms with Crippen LogP contribution in [0.4, 0.5) is 0 Å². The van der Waals surface area contributed by atoms with E-state index in [1.165, 1.54) is 38.6 Å². The summed E-state index contributed by atoms with van der Waals surface area (Å²) in [7, 11) is 0. The molecule has 3 heteroatoms. The molecular weight excluding hydrogens is 224 g/mol. The van der Waals surface area contributed by atoms with Crippen LogP contribution >= 0.6 is 0 Å². The first kappa shape index (κ1) is 13.6. The summed E-state index contributed by atoms with van der Waals surface area (Å²) in [5.74, 6) is 1.07. The Hall–Kier alpha value is -0.800. The molecule has 0 aromatic carbocycles. The second kappa shape index (κ2) is 7.59. The molecule has 0 amide bonds. The molecule has 1 fully saturated rings. The average molecular weight is 250 g/mol. The van der Waals surface area contributed by atoms with Gasteiger partial charge in [-0.15, -0.1) is 0 Å². The van der Waals surface area contributed by atoms with E-state index in [0.29, 0.717) is 6.04 Å². The van der Waals surface area contributed by atoms with Gasteiger partial charge in [-0.25, -0.2) is 0 Å². The Morgan fingerprint density at radius 1 is 1.33 bits per heavy atom. The van der Waals surface area contributed by atoms with Crippen molar-refractivity contribution < 1.29 is 4.42 Å². The van der Waals surface area contributed by atoms with Gasteiger partial charge in [-0.05, 0) is 38.1 Å². The van der Waals surface area contributed by atoms with Crippen molar-refractivity contribution in [3.05, 3.63) is 24.2 Å². The maximum Gasteiger partial charge on any atom is 0.117 e. The van der Waals surface area contributed by atoms with E-state index in [1.54, 1.807) is 6.26 Å². The molecule has 18 heavy (non-hydrogen) atoms. The molecule has 1 aromatic rings. The number of rotatable bonds is 5. The fourth-order valence-electron chi connectivity index (χ4n) is 2.67. The van der Waals surface area contributed by atoms with Crippen LogP contribution in [0, 0.1) is 0 Å². The van der Waals surface area contributed by atoms with Gasteiger partial charge in [0.25, 0.3) is 0 Å². The summed E-state index contributed by atoms with van der Waals surface area (Å²) >= 11 is 0. The predicted octanol–water partition coefficient (Wildman–Crippen LogP) is 3.02. The summed E-state index contributed by atoms with van der Waals surface area (Å²) in [5, 5.41) is 3.69. The third kappa shape index (κ3) is 4.46. The lowest BCUT2D eigenvalue weighted by atomic mass is 10.0. The van der Waals surface area contributed by atoms with Crippen LogP contribution in [0.2, 0.25) is 0 Å². The van der Waals surface area contributed by atoms with Crippen LogP contribution < -0.4 is 5.32 Å². The lowest BCUT2D eigenvalue weighted by molar-refractivity contribution is 0.217. The summed E-state index contributed by atoms with van der Waals surface area (Å²) in [4.78, 5) is 2.47. The van der Waals surface area contributed by atoms with Crippen LogP contribution in [0.1, 0.15) is 44.8 Å². The molecule has 102 valence electrons. The Labute approximate surface area is 111 Å². The number of nitrogens with zero attached hydrogens (tertiary/aromatic N) is 1. The van der Waals surface area contributed by atoms with Crippen LogP contribution in [0.25, 0.3) is 0 Å². The lowest BCUT2D eigenvalue weighted by Gasteiger charge is -2.28. The average Bonchev–Trinajstić information content (AvgIpc) is 2.84. The smallest absolute Gasteiger partial charge is 0.117 e. The highest BCUT2D eigenvalue weighted by atomic mass is 16.3. The summed E-state index contributed by atoms with van der Waals surface area (Å²) in [6.07, 6.45) is 8.58. The predicted molar refractivity (Wildman–Crippen MR) is 74.5 cm³/mol. The van der Waals surface area contributed by atoms with Gasteiger partial charge >= 0.3 is 0 Å². The molecule has 2 heterocycles. The zero-order chi connectivity index (χ0) is 12.6. The first-order valence-electron chi connectivity index (χ1n) is 7.36.